The summed E-state index contributed by atoms with van der Waals surface area (Å²) in [5.41, 5.74) is 0.103. The maximum absolute atomic E-state index is 12.3. The van der Waals surface area contributed by atoms with Gasteiger partial charge in [-0.25, -0.2) is 0 Å². The molecule has 1 atom stereocenters. The topological polar surface area (TPSA) is 35.5 Å². The number of benzene rings is 2. The van der Waals surface area contributed by atoms with Gasteiger partial charge in [-0.05, 0) is 24.3 Å². The van der Waals surface area contributed by atoms with Gasteiger partial charge in [0.15, 0.2) is 5.44 Å². The van der Waals surface area contributed by atoms with Crippen LogP contribution >= 0.6 is 11.8 Å². The molecule has 0 aliphatic carbocycles. The van der Waals surface area contributed by atoms with E-state index in [9.17, 15) is 4.79 Å². The predicted molar refractivity (Wildman–Crippen MR) is 80.4 cm³/mol. The second-order valence-electron chi connectivity index (χ2n) is 4.09. The fraction of sp³-hybridized carbons (Fsp3) is 0.188. The Bertz CT molecular complexity index is 552. The molecule has 0 amide bonds. The van der Waals surface area contributed by atoms with E-state index in [1.54, 1.807) is 26.4 Å². The van der Waals surface area contributed by atoms with Crippen molar-refractivity contribution in [3.05, 3.63) is 60.2 Å². The second-order valence-corrected chi connectivity index (χ2v) is 5.23. The van der Waals surface area contributed by atoms with E-state index in [4.69, 9.17) is 9.47 Å². The highest BCUT2D eigenvalue weighted by molar-refractivity contribution is 8.00. The van der Waals surface area contributed by atoms with Crippen LogP contribution in [0.5, 0.6) is 5.75 Å². The molecule has 0 fully saturated rings. The van der Waals surface area contributed by atoms with Crippen LogP contribution in [0.3, 0.4) is 0 Å². The molecule has 0 unspecified atom stereocenters. The van der Waals surface area contributed by atoms with Gasteiger partial charge in [0, 0.05) is 17.6 Å². The minimum absolute atomic E-state index is 0.0334. The molecule has 0 radical (unpaired) electrons. The molecule has 3 nitrogen and oxygen atoms in total. The Hall–Kier alpha value is -1.78. The van der Waals surface area contributed by atoms with Gasteiger partial charge in [-0.3, -0.25) is 4.79 Å². The standard InChI is InChI=1S/C16H16O3S/c1-18-13-8-10-14(11-9-13)20-16(19-2)15(17)12-6-4-3-5-7-12/h3-11,16H,1-2H3/t16-/m1/s1. The van der Waals surface area contributed by atoms with Gasteiger partial charge in [-0.2, -0.15) is 0 Å². The van der Waals surface area contributed by atoms with Crippen molar-refractivity contribution in [2.24, 2.45) is 0 Å². The lowest BCUT2D eigenvalue weighted by molar-refractivity contribution is 0.0794. The normalized spacial score (nSPS) is 11.9. The summed E-state index contributed by atoms with van der Waals surface area (Å²) in [6.07, 6.45) is 0. The maximum atomic E-state index is 12.3. The number of thioether (sulfide) groups is 1. The Morgan fingerprint density at radius 1 is 1.00 bits per heavy atom. The van der Waals surface area contributed by atoms with E-state index in [1.165, 1.54) is 11.8 Å². The summed E-state index contributed by atoms with van der Waals surface area (Å²) in [6, 6.07) is 16.7. The van der Waals surface area contributed by atoms with Crippen molar-refractivity contribution < 1.29 is 14.3 Å². The molecule has 0 heterocycles. The number of carbonyl (C=O) groups excluding carboxylic acids is 1. The zero-order valence-corrected chi connectivity index (χ0v) is 12.2. The lowest BCUT2D eigenvalue weighted by Gasteiger charge is -2.14. The molecule has 0 spiro atoms. The third kappa shape index (κ3) is 3.62. The number of hydrogen-bond donors (Lipinski definition) is 0. The molecule has 0 aromatic heterocycles. The van der Waals surface area contributed by atoms with E-state index in [0.29, 0.717) is 5.56 Å². The fourth-order valence-corrected chi connectivity index (χ4v) is 2.60. The first-order valence-corrected chi connectivity index (χ1v) is 7.05. The van der Waals surface area contributed by atoms with Gasteiger partial charge in [0.1, 0.15) is 5.75 Å². The van der Waals surface area contributed by atoms with Gasteiger partial charge in [0.2, 0.25) is 5.78 Å². The van der Waals surface area contributed by atoms with Gasteiger partial charge in [-0.15, -0.1) is 0 Å². The smallest absolute Gasteiger partial charge is 0.202 e. The highest BCUT2D eigenvalue weighted by atomic mass is 32.2. The van der Waals surface area contributed by atoms with E-state index in [-0.39, 0.29) is 5.78 Å². The molecule has 4 heteroatoms. The highest BCUT2D eigenvalue weighted by Crippen LogP contribution is 2.27. The van der Waals surface area contributed by atoms with Crippen LogP contribution < -0.4 is 4.74 Å². The van der Waals surface area contributed by atoms with Gasteiger partial charge in [0.05, 0.1) is 7.11 Å². The third-order valence-corrected chi connectivity index (χ3v) is 3.95. The summed E-state index contributed by atoms with van der Waals surface area (Å²) in [7, 11) is 3.17. The van der Waals surface area contributed by atoms with Crippen LogP contribution in [0.2, 0.25) is 0 Å². The van der Waals surface area contributed by atoms with Gasteiger partial charge < -0.3 is 9.47 Å². The first-order chi connectivity index (χ1) is 9.74. The Morgan fingerprint density at radius 3 is 2.20 bits per heavy atom. The SMILES string of the molecule is COc1ccc(S[C@@H](OC)C(=O)c2ccccc2)cc1. The number of methoxy groups -OCH3 is 2. The van der Waals surface area contributed by atoms with Crippen LogP contribution in [0.25, 0.3) is 0 Å². The van der Waals surface area contributed by atoms with Gasteiger partial charge >= 0.3 is 0 Å². The number of ether oxygens (including phenoxy) is 2. The number of rotatable bonds is 6. The molecule has 2 aromatic rings. The molecule has 0 N–H and O–H groups in total. The van der Waals surface area contributed by atoms with Crippen molar-refractivity contribution in [3.8, 4) is 5.75 Å². The van der Waals surface area contributed by atoms with Gasteiger partial charge in [-0.1, -0.05) is 42.1 Å². The summed E-state index contributed by atoms with van der Waals surface area (Å²) < 4.78 is 10.4. The van der Waals surface area contributed by atoms with Gasteiger partial charge in [0.25, 0.3) is 0 Å². The summed E-state index contributed by atoms with van der Waals surface area (Å²) in [5, 5.41) is 0. The monoisotopic (exact) mass is 288 g/mol. The Balaban J connectivity index is 2.10. The molecule has 104 valence electrons. The van der Waals surface area contributed by atoms with Crippen LogP contribution in [-0.4, -0.2) is 25.4 Å². The Labute approximate surface area is 122 Å². The van der Waals surface area contributed by atoms with Crippen LogP contribution in [0, 0.1) is 0 Å². The van der Waals surface area contributed by atoms with Crippen LogP contribution in [0.4, 0.5) is 0 Å². The average molecular weight is 288 g/mol. The number of ketones is 1. The quantitative estimate of drug-likeness (QED) is 0.462. The summed E-state index contributed by atoms with van der Waals surface area (Å²) in [5.74, 6) is 0.756. The molecule has 0 saturated heterocycles. The van der Waals surface area contributed by atoms with Crippen molar-refractivity contribution >= 4 is 17.5 Å². The molecule has 0 aliphatic heterocycles. The second kappa shape index (κ2) is 7.12. The zero-order chi connectivity index (χ0) is 14.4. The van der Waals surface area contributed by atoms with Crippen LogP contribution in [0.1, 0.15) is 10.4 Å². The zero-order valence-electron chi connectivity index (χ0n) is 11.4. The van der Waals surface area contributed by atoms with Crippen LogP contribution in [0.15, 0.2) is 59.5 Å². The molecule has 0 saturated carbocycles. The number of Topliss-reactive ketones (excluding diaryl/α,β-unsaturated/α-hetero) is 1. The Kier molecular flexibility index (Phi) is 5.21. The van der Waals surface area contributed by atoms with E-state index in [0.717, 1.165) is 10.6 Å². The van der Waals surface area contributed by atoms with E-state index in [2.05, 4.69) is 0 Å². The first kappa shape index (κ1) is 14.6. The van der Waals surface area contributed by atoms with Crippen molar-refractivity contribution in [2.75, 3.05) is 14.2 Å². The lowest BCUT2D eigenvalue weighted by atomic mass is 10.1. The average Bonchev–Trinajstić information content (AvgIpc) is 2.53. The molecule has 2 aromatic carbocycles. The maximum Gasteiger partial charge on any atom is 0.202 e. The highest BCUT2D eigenvalue weighted by Gasteiger charge is 2.20. The van der Waals surface area contributed by atoms with Crippen LogP contribution in [-0.2, 0) is 4.74 Å². The first-order valence-electron chi connectivity index (χ1n) is 6.17. The number of carbonyl (C=O) groups is 1. The lowest BCUT2D eigenvalue weighted by Crippen LogP contribution is -2.19. The molecular formula is C16H16O3S. The molecule has 0 aliphatic rings. The van der Waals surface area contributed by atoms with E-state index in [1.807, 2.05) is 42.5 Å². The summed E-state index contributed by atoms with van der Waals surface area (Å²) >= 11 is 1.38. The van der Waals surface area contributed by atoms with Crippen molar-refractivity contribution in [3.63, 3.8) is 0 Å². The minimum Gasteiger partial charge on any atom is -0.497 e. The predicted octanol–water partition coefficient (Wildman–Crippen LogP) is 3.64. The third-order valence-electron chi connectivity index (χ3n) is 2.79. The molecule has 20 heavy (non-hydrogen) atoms. The fourth-order valence-electron chi connectivity index (χ4n) is 1.73. The molecule has 0 bridgehead atoms. The van der Waals surface area contributed by atoms with Crippen molar-refractivity contribution in [1.29, 1.82) is 0 Å². The van der Waals surface area contributed by atoms with E-state index >= 15 is 0 Å². The largest absolute Gasteiger partial charge is 0.497 e. The Morgan fingerprint density at radius 2 is 1.65 bits per heavy atom. The van der Waals surface area contributed by atoms with Crippen molar-refractivity contribution in [1.82, 2.24) is 0 Å². The summed E-state index contributed by atoms with van der Waals surface area (Å²) in [4.78, 5) is 13.3. The summed E-state index contributed by atoms with van der Waals surface area (Å²) in [6.45, 7) is 0. The molecule has 2 rings (SSSR count). The van der Waals surface area contributed by atoms with E-state index < -0.39 is 5.44 Å². The number of hydrogen-bond acceptors (Lipinski definition) is 4. The van der Waals surface area contributed by atoms with Crippen molar-refractivity contribution in [2.45, 2.75) is 10.3 Å². The minimum atomic E-state index is -0.550. The molecular weight excluding hydrogens is 272 g/mol.